The average molecular weight is 333 g/mol. The van der Waals surface area contributed by atoms with Gasteiger partial charge in [0.1, 0.15) is 17.3 Å². The fourth-order valence-electron chi connectivity index (χ4n) is 2.22. The van der Waals surface area contributed by atoms with Crippen molar-refractivity contribution in [1.82, 2.24) is 0 Å². The van der Waals surface area contributed by atoms with Crippen LogP contribution in [0.4, 0.5) is 10.5 Å². The Morgan fingerprint density at radius 2 is 1.96 bits per heavy atom. The number of amides is 2. The van der Waals surface area contributed by atoms with Gasteiger partial charge in [-0.25, -0.2) is 4.79 Å². The fraction of sp³-hybridized carbons (Fsp3) is 0.312. The standard InChI is InChI=1S/C16H19N3O5/c1-22-11-5-7-14(23-2)13(9-11)18-16(20)17-12-6-4-10(19-21)8-15(12)24-3/h5,7-9,21H,4,6H2,1-3H3,(H,18,20). The maximum absolute atomic E-state index is 12.2. The zero-order chi connectivity index (χ0) is 17.5. The first-order valence-corrected chi connectivity index (χ1v) is 7.18. The Kier molecular flexibility index (Phi) is 5.78. The van der Waals surface area contributed by atoms with E-state index in [1.54, 1.807) is 24.3 Å². The smallest absolute Gasteiger partial charge is 0.345 e. The van der Waals surface area contributed by atoms with Crippen molar-refractivity contribution in [2.24, 2.45) is 10.1 Å². The number of rotatable bonds is 4. The van der Waals surface area contributed by atoms with Crippen LogP contribution in [0, 0.1) is 0 Å². The molecule has 2 N–H and O–H groups in total. The predicted octanol–water partition coefficient (Wildman–Crippen LogP) is 2.83. The third-order valence-corrected chi connectivity index (χ3v) is 3.43. The van der Waals surface area contributed by atoms with Crippen molar-refractivity contribution >= 4 is 23.1 Å². The number of methoxy groups -OCH3 is 3. The van der Waals surface area contributed by atoms with Crippen LogP contribution in [0.1, 0.15) is 12.8 Å². The molecule has 0 saturated heterocycles. The van der Waals surface area contributed by atoms with E-state index >= 15 is 0 Å². The fourth-order valence-corrected chi connectivity index (χ4v) is 2.22. The van der Waals surface area contributed by atoms with Gasteiger partial charge in [0.2, 0.25) is 0 Å². The van der Waals surface area contributed by atoms with Gasteiger partial charge in [0, 0.05) is 12.1 Å². The van der Waals surface area contributed by atoms with Crippen molar-refractivity contribution < 1.29 is 24.2 Å². The molecule has 0 atom stereocenters. The number of hydrogen-bond acceptors (Lipinski definition) is 6. The molecule has 128 valence electrons. The minimum absolute atomic E-state index is 0.391. The number of oxime groups is 1. The predicted molar refractivity (Wildman–Crippen MR) is 89.5 cm³/mol. The minimum atomic E-state index is -0.566. The summed E-state index contributed by atoms with van der Waals surface area (Å²) in [7, 11) is 4.50. The number of carbonyl (C=O) groups is 1. The summed E-state index contributed by atoms with van der Waals surface area (Å²) >= 11 is 0. The molecule has 0 spiro atoms. The van der Waals surface area contributed by atoms with E-state index in [9.17, 15) is 4.79 Å². The molecular formula is C16H19N3O5. The summed E-state index contributed by atoms with van der Waals surface area (Å²) in [6, 6.07) is 4.49. The van der Waals surface area contributed by atoms with Gasteiger partial charge in [0.05, 0.1) is 38.4 Å². The molecule has 8 nitrogen and oxygen atoms in total. The molecule has 1 aromatic rings. The number of nitrogens with one attached hydrogen (secondary N) is 1. The first kappa shape index (κ1) is 17.3. The minimum Gasteiger partial charge on any atom is -0.497 e. The third kappa shape index (κ3) is 4.03. The summed E-state index contributed by atoms with van der Waals surface area (Å²) in [5.74, 6) is 1.46. The summed E-state index contributed by atoms with van der Waals surface area (Å²) in [4.78, 5) is 16.2. The molecule has 0 radical (unpaired) electrons. The van der Waals surface area contributed by atoms with Crippen LogP contribution in [-0.4, -0.2) is 44.0 Å². The Morgan fingerprint density at radius 1 is 1.17 bits per heavy atom. The summed E-state index contributed by atoms with van der Waals surface area (Å²) in [6.07, 6.45) is 2.45. The Bertz CT molecular complexity index is 710. The molecule has 0 aromatic heterocycles. The molecule has 1 aromatic carbocycles. The van der Waals surface area contributed by atoms with Crippen molar-refractivity contribution in [1.29, 1.82) is 0 Å². The van der Waals surface area contributed by atoms with E-state index in [4.69, 9.17) is 19.4 Å². The van der Waals surface area contributed by atoms with Gasteiger partial charge in [-0.1, -0.05) is 5.16 Å². The molecule has 1 aliphatic rings. The van der Waals surface area contributed by atoms with Crippen LogP contribution in [-0.2, 0) is 4.74 Å². The summed E-state index contributed by atoms with van der Waals surface area (Å²) in [5.41, 5.74) is 1.40. The number of allylic oxidation sites excluding steroid dienone is 2. The number of ether oxygens (including phenoxy) is 3. The second kappa shape index (κ2) is 8.00. The molecule has 2 amide bonds. The lowest BCUT2D eigenvalue weighted by molar-refractivity contribution is 0.259. The van der Waals surface area contributed by atoms with E-state index in [1.807, 2.05) is 0 Å². The third-order valence-electron chi connectivity index (χ3n) is 3.43. The zero-order valence-electron chi connectivity index (χ0n) is 13.7. The van der Waals surface area contributed by atoms with E-state index in [2.05, 4.69) is 15.5 Å². The highest BCUT2D eigenvalue weighted by Crippen LogP contribution is 2.29. The Morgan fingerprint density at radius 3 is 2.58 bits per heavy atom. The maximum Gasteiger partial charge on any atom is 0.345 e. The van der Waals surface area contributed by atoms with Crippen LogP contribution in [0.2, 0.25) is 0 Å². The Labute approximate surface area is 139 Å². The van der Waals surface area contributed by atoms with Crippen LogP contribution < -0.4 is 14.8 Å². The van der Waals surface area contributed by atoms with Crippen LogP contribution in [0.15, 0.2) is 40.2 Å². The van der Waals surface area contributed by atoms with E-state index in [1.165, 1.54) is 21.3 Å². The molecule has 0 fully saturated rings. The molecule has 0 heterocycles. The Hall–Kier alpha value is -3.03. The van der Waals surface area contributed by atoms with Crippen LogP contribution in [0.5, 0.6) is 11.5 Å². The lowest BCUT2D eigenvalue weighted by Gasteiger charge is -2.15. The molecule has 24 heavy (non-hydrogen) atoms. The van der Waals surface area contributed by atoms with E-state index in [-0.39, 0.29) is 0 Å². The number of nitrogens with zero attached hydrogens (tertiary/aromatic N) is 2. The van der Waals surface area contributed by atoms with Gasteiger partial charge in [-0.2, -0.15) is 4.99 Å². The summed E-state index contributed by atoms with van der Waals surface area (Å²) in [5, 5.41) is 14.6. The van der Waals surface area contributed by atoms with Gasteiger partial charge in [-0.15, -0.1) is 0 Å². The molecule has 1 aliphatic carbocycles. The molecular weight excluding hydrogens is 314 g/mol. The van der Waals surface area contributed by atoms with Crippen molar-refractivity contribution in [3.63, 3.8) is 0 Å². The largest absolute Gasteiger partial charge is 0.497 e. The van der Waals surface area contributed by atoms with Gasteiger partial charge in [-0.05, 0) is 25.0 Å². The van der Waals surface area contributed by atoms with Crippen LogP contribution >= 0.6 is 0 Å². The Balaban J connectivity index is 2.21. The average Bonchev–Trinajstić information content (AvgIpc) is 2.61. The highest BCUT2D eigenvalue weighted by molar-refractivity contribution is 6.14. The van der Waals surface area contributed by atoms with Crippen molar-refractivity contribution in [3.05, 3.63) is 30.0 Å². The van der Waals surface area contributed by atoms with E-state index in [0.717, 1.165) is 0 Å². The topological polar surface area (TPSA) is 102 Å². The van der Waals surface area contributed by atoms with Gasteiger partial charge in [0.25, 0.3) is 0 Å². The summed E-state index contributed by atoms with van der Waals surface area (Å²) < 4.78 is 15.5. The number of anilines is 1. The normalized spacial score (nSPS) is 17.4. The SMILES string of the molecule is COC1=CC(=NO)CCC1=NC(=O)Nc1cc(OC)ccc1OC. The molecule has 8 heteroatoms. The van der Waals surface area contributed by atoms with Gasteiger partial charge >= 0.3 is 6.03 Å². The molecule has 0 unspecified atom stereocenters. The molecule has 0 saturated carbocycles. The lowest BCUT2D eigenvalue weighted by atomic mass is 10.0. The maximum atomic E-state index is 12.2. The van der Waals surface area contributed by atoms with Gasteiger partial charge in [0.15, 0.2) is 0 Å². The van der Waals surface area contributed by atoms with Crippen molar-refractivity contribution in [2.75, 3.05) is 26.6 Å². The van der Waals surface area contributed by atoms with Crippen molar-refractivity contribution in [3.8, 4) is 11.5 Å². The van der Waals surface area contributed by atoms with Gasteiger partial charge < -0.3 is 24.7 Å². The zero-order valence-corrected chi connectivity index (χ0v) is 13.7. The van der Waals surface area contributed by atoms with Crippen LogP contribution in [0.25, 0.3) is 0 Å². The monoisotopic (exact) mass is 333 g/mol. The van der Waals surface area contributed by atoms with E-state index < -0.39 is 6.03 Å². The van der Waals surface area contributed by atoms with Crippen LogP contribution in [0.3, 0.4) is 0 Å². The number of urea groups is 1. The van der Waals surface area contributed by atoms with Gasteiger partial charge in [-0.3, -0.25) is 0 Å². The number of carbonyl (C=O) groups excluding carboxylic acids is 1. The quantitative estimate of drug-likeness (QED) is 0.651. The number of benzene rings is 1. The number of aliphatic imine (C=N–C) groups is 1. The second-order valence-electron chi connectivity index (χ2n) is 4.86. The van der Waals surface area contributed by atoms with Crippen molar-refractivity contribution in [2.45, 2.75) is 12.8 Å². The second-order valence-corrected chi connectivity index (χ2v) is 4.86. The molecule has 0 bridgehead atoms. The first-order valence-electron chi connectivity index (χ1n) is 7.18. The first-order chi connectivity index (χ1) is 11.6. The highest BCUT2D eigenvalue weighted by atomic mass is 16.5. The molecule has 2 rings (SSSR count). The highest BCUT2D eigenvalue weighted by Gasteiger charge is 2.18. The van der Waals surface area contributed by atoms with E-state index in [0.29, 0.717) is 47.2 Å². The lowest BCUT2D eigenvalue weighted by Crippen LogP contribution is -2.18. The summed E-state index contributed by atoms with van der Waals surface area (Å²) in [6.45, 7) is 0. The number of hydrogen-bond donors (Lipinski definition) is 2. The molecule has 0 aliphatic heterocycles.